The monoisotopic (exact) mass is 751 g/mol. The van der Waals surface area contributed by atoms with E-state index in [1.54, 1.807) is 0 Å². The standard InChI is InChI=1S/C53H41N3S/c1-30-17-22-43-40(25-30)37-21-18-35(29-44(37)53(43,3)4)50-39-14-7-9-15-45(39)54-52(55-50)56-46-16-10-8-13-38(46)41-27-32(19-23-47(41)56)33-20-24-48-42(28-33)49-36-12-6-5-11-34(36)26-31(2)51(49)57-48/h5-24,27-31H,25-26H2,1-4H3. The third-order valence-electron chi connectivity index (χ3n) is 13.2. The molecule has 3 aromatic heterocycles. The van der Waals surface area contributed by atoms with Gasteiger partial charge in [0.15, 0.2) is 0 Å². The third-order valence-corrected chi connectivity index (χ3v) is 14.6. The van der Waals surface area contributed by atoms with Gasteiger partial charge in [-0.25, -0.2) is 9.97 Å². The molecular weight excluding hydrogens is 711 g/mol. The summed E-state index contributed by atoms with van der Waals surface area (Å²) in [4.78, 5) is 12.3. The van der Waals surface area contributed by atoms with Crippen LogP contribution >= 0.6 is 11.3 Å². The molecule has 6 aromatic carbocycles. The van der Waals surface area contributed by atoms with Gasteiger partial charge in [0.05, 0.1) is 22.2 Å². The fraction of sp³-hybridized carbons (Fsp3) is 0.170. The first-order valence-electron chi connectivity index (χ1n) is 20.3. The van der Waals surface area contributed by atoms with Crippen LogP contribution < -0.4 is 0 Å². The second kappa shape index (κ2) is 12.0. The summed E-state index contributed by atoms with van der Waals surface area (Å²) in [6, 6.07) is 47.2. The average Bonchev–Trinajstić information content (AvgIpc) is 3.86. The van der Waals surface area contributed by atoms with Gasteiger partial charge in [-0.15, -0.1) is 11.3 Å². The lowest BCUT2D eigenvalue weighted by Crippen LogP contribution is -2.17. The number of para-hydroxylation sites is 2. The van der Waals surface area contributed by atoms with Crippen molar-refractivity contribution in [1.82, 2.24) is 14.5 Å². The summed E-state index contributed by atoms with van der Waals surface area (Å²) in [5.41, 5.74) is 17.7. The fourth-order valence-corrected chi connectivity index (χ4v) is 11.6. The van der Waals surface area contributed by atoms with Gasteiger partial charge in [0.25, 0.3) is 0 Å². The number of hydrogen-bond acceptors (Lipinski definition) is 3. The van der Waals surface area contributed by atoms with Gasteiger partial charge >= 0.3 is 0 Å². The van der Waals surface area contributed by atoms with Crippen LogP contribution in [0.5, 0.6) is 0 Å². The Bertz CT molecular complexity index is 3260. The Morgan fingerprint density at radius 1 is 0.649 bits per heavy atom. The molecule has 0 radical (unpaired) electrons. The molecule has 57 heavy (non-hydrogen) atoms. The highest BCUT2D eigenvalue weighted by Crippen LogP contribution is 2.52. The summed E-state index contributed by atoms with van der Waals surface area (Å²) >= 11 is 1.97. The van der Waals surface area contributed by atoms with Crippen LogP contribution in [0.2, 0.25) is 0 Å². The van der Waals surface area contributed by atoms with Crippen LogP contribution in [-0.4, -0.2) is 14.5 Å². The van der Waals surface area contributed by atoms with Gasteiger partial charge < -0.3 is 0 Å². The molecule has 0 aliphatic heterocycles. The molecule has 3 aliphatic carbocycles. The van der Waals surface area contributed by atoms with Crippen molar-refractivity contribution in [1.29, 1.82) is 0 Å². The largest absolute Gasteiger partial charge is 0.278 e. The zero-order valence-electron chi connectivity index (χ0n) is 32.6. The molecule has 3 aliphatic rings. The molecule has 0 amide bonds. The molecule has 2 atom stereocenters. The van der Waals surface area contributed by atoms with Crippen molar-refractivity contribution in [2.24, 2.45) is 5.92 Å². The van der Waals surface area contributed by atoms with E-state index in [-0.39, 0.29) is 5.41 Å². The van der Waals surface area contributed by atoms with Gasteiger partial charge in [0.1, 0.15) is 0 Å². The first kappa shape index (κ1) is 33.1. The molecule has 0 fully saturated rings. The lowest BCUT2D eigenvalue weighted by molar-refractivity contribution is 0.643. The Hall–Kier alpha value is -6.10. The summed E-state index contributed by atoms with van der Waals surface area (Å²) in [6.45, 7) is 9.45. The number of fused-ring (bicyclic) bond motifs is 11. The van der Waals surface area contributed by atoms with E-state index in [2.05, 4.69) is 172 Å². The van der Waals surface area contributed by atoms with Crippen LogP contribution in [0.25, 0.3) is 87.8 Å². The topological polar surface area (TPSA) is 30.7 Å². The molecule has 0 saturated carbocycles. The zero-order chi connectivity index (χ0) is 38.2. The van der Waals surface area contributed by atoms with Gasteiger partial charge in [0, 0.05) is 47.7 Å². The highest BCUT2D eigenvalue weighted by molar-refractivity contribution is 7.19. The number of rotatable bonds is 3. The Balaban J connectivity index is 1.02. The van der Waals surface area contributed by atoms with E-state index in [9.17, 15) is 0 Å². The Morgan fingerprint density at radius 2 is 1.39 bits per heavy atom. The van der Waals surface area contributed by atoms with Gasteiger partial charge in [0.2, 0.25) is 5.95 Å². The van der Waals surface area contributed by atoms with Crippen LogP contribution in [0, 0.1) is 5.92 Å². The summed E-state index contributed by atoms with van der Waals surface area (Å²) in [7, 11) is 0. The van der Waals surface area contributed by atoms with E-state index in [1.807, 2.05) is 11.3 Å². The van der Waals surface area contributed by atoms with E-state index in [1.165, 1.54) is 75.8 Å². The second-order valence-electron chi connectivity index (χ2n) is 17.1. The number of aromatic nitrogens is 3. The highest BCUT2D eigenvalue weighted by Gasteiger charge is 2.38. The minimum Gasteiger partial charge on any atom is -0.278 e. The second-order valence-corrected chi connectivity index (χ2v) is 18.2. The maximum Gasteiger partial charge on any atom is 0.235 e. The van der Waals surface area contributed by atoms with Crippen LogP contribution in [-0.2, 0) is 11.8 Å². The molecule has 274 valence electrons. The molecule has 3 nitrogen and oxygen atoms in total. The van der Waals surface area contributed by atoms with Crippen molar-refractivity contribution in [2.75, 3.05) is 0 Å². The number of nitrogens with zero attached hydrogens (tertiary/aromatic N) is 3. The molecule has 3 heterocycles. The van der Waals surface area contributed by atoms with E-state index in [0.717, 1.165) is 46.0 Å². The van der Waals surface area contributed by atoms with Gasteiger partial charge in [-0.2, -0.15) is 0 Å². The van der Waals surface area contributed by atoms with Crippen molar-refractivity contribution in [3.8, 4) is 39.5 Å². The Kier molecular flexibility index (Phi) is 6.94. The molecule has 0 spiro atoms. The molecule has 12 rings (SSSR count). The summed E-state index contributed by atoms with van der Waals surface area (Å²) in [5, 5.41) is 4.83. The minimum absolute atomic E-state index is 0.0657. The number of benzene rings is 6. The summed E-state index contributed by atoms with van der Waals surface area (Å²) in [6.07, 6.45) is 6.95. The SMILES string of the molecule is CC1C=CC2=C(C1)c1ccc(-c3nc(-n4c5ccccc5c5cc(-c6ccc7sc8c(c7c6)-c6ccccc6CC8C)ccc54)nc4ccccc34)cc1C2(C)C. The molecular formula is C53H41N3S. The van der Waals surface area contributed by atoms with Crippen LogP contribution in [0.1, 0.15) is 61.6 Å². The van der Waals surface area contributed by atoms with E-state index in [4.69, 9.17) is 9.97 Å². The van der Waals surface area contributed by atoms with Crippen LogP contribution in [0.4, 0.5) is 0 Å². The molecule has 0 bridgehead atoms. The van der Waals surface area contributed by atoms with Crippen molar-refractivity contribution in [3.05, 3.63) is 167 Å². The lowest BCUT2D eigenvalue weighted by Gasteiger charge is -2.25. The minimum atomic E-state index is -0.0657. The van der Waals surface area contributed by atoms with Crippen molar-refractivity contribution < 1.29 is 0 Å². The maximum absolute atomic E-state index is 5.49. The summed E-state index contributed by atoms with van der Waals surface area (Å²) in [5.74, 6) is 1.77. The van der Waals surface area contributed by atoms with E-state index in [0.29, 0.717) is 17.8 Å². The number of thiophene rings is 1. The molecule has 4 heteroatoms. The van der Waals surface area contributed by atoms with Gasteiger partial charge in [-0.3, -0.25) is 4.57 Å². The quantitative estimate of drug-likeness (QED) is 0.180. The zero-order valence-corrected chi connectivity index (χ0v) is 33.4. The van der Waals surface area contributed by atoms with Crippen molar-refractivity contribution in [2.45, 2.75) is 51.9 Å². The first-order valence-corrected chi connectivity index (χ1v) is 21.2. The Labute approximate surface area is 336 Å². The lowest BCUT2D eigenvalue weighted by atomic mass is 9.79. The molecule has 0 N–H and O–H groups in total. The molecule has 9 aromatic rings. The van der Waals surface area contributed by atoms with Crippen LogP contribution in [0.3, 0.4) is 0 Å². The van der Waals surface area contributed by atoms with Crippen molar-refractivity contribution >= 4 is 59.7 Å². The van der Waals surface area contributed by atoms with Gasteiger partial charge in [-0.05, 0) is 112 Å². The first-order chi connectivity index (χ1) is 27.8. The smallest absolute Gasteiger partial charge is 0.235 e. The highest BCUT2D eigenvalue weighted by atomic mass is 32.1. The van der Waals surface area contributed by atoms with E-state index < -0.39 is 0 Å². The Morgan fingerprint density at radius 3 is 2.28 bits per heavy atom. The molecule has 0 saturated heterocycles. The molecule has 2 unspecified atom stereocenters. The fourth-order valence-electron chi connectivity index (χ4n) is 10.4. The number of allylic oxidation sites excluding steroid dienone is 4. The maximum atomic E-state index is 5.49. The summed E-state index contributed by atoms with van der Waals surface area (Å²) < 4.78 is 3.63. The van der Waals surface area contributed by atoms with Crippen LogP contribution in [0.15, 0.2) is 145 Å². The third kappa shape index (κ3) is 4.77. The van der Waals surface area contributed by atoms with Gasteiger partial charge in [-0.1, -0.05) is 125 Å². The predicted molar refractivity (Wildman–Crippen MR) is 241 cm³/mol. The number of hydrogen-bond donors (Lipinski definition) is 0. The normalized spacial score (nSPS) is 18.0. The predicted octanol–water partition coefficient (Wildman–Crippen LogP) is 14.2. The van der Waals surface area contributed by atoms with Crippen molar-refractivity contribution in [3.63, 3.8) is 0 Å². The van der Waals surface area contributed by atoms with E-state index >= 15 is 0 Å². The average molecular weight is 752 g/mol.